The van der Waals surface area contributed by atoms with E-state index >= 15 is 0 Å². The van der Waals surface area contributed by atoms with E-state index in [1.165, 1.54) is 37.1 Å². The number of ether oxygens (including phenoxy) is 1. The fraction of sp³-hybridized carbons (Fsp3) is 0.409. The van der Waals surface area contributed by atoms with Gasteiger partial charge in [-0.1, -0.05) is 44.4 Å². The molecule has 0 radical (unpaired) electrons. The van der Waals surface area contributed by atoms with E-state index in [-0.39, 0.29) is 22.9 Å². The zero-order valence-electron chi connectivity index (χ0n) is 16.1. The largest absolute Gasteiger partial charge is 0.464 e. The van der Waals surface area contributed by atoms with Crippen molar-refractivity contribution in [1.82, 2.24) is 5.01 Å². The number of para-hydroxylation sites is 1. The summed E-state index contributed by atoms with van der Waals surface area (Å²) in [6.07, 6.45) is 6.45. The van der Waals surface area contributed by atoms with Crippen molar-refractivity contribution in [2.75, 3.05) is 0 Å². The van der Waals surface area contributed by atoms with Crippen LogP contribution in [0, 0.1) is 10.1 Å². The Balaban J connectivity index is 1.60. The third kappa shape index (κ3) is 3.59. The summed E-state index contributed by atoms with van der Waals surface area (Å²) in [5, 5.41) is 17.9. The lowest BCUT2D eigenvalue weighted by Crippen LogP contribution is -2.33. The minimum absolute atomic E-state index is 0.0815. The van der Waals surface area contributed by atoms with Crippen LogP contribution in [0.25, 0.3) is 0 Å². The number of nitrogens with zero attached hydrogens (tertiary/aromatic N) is 3. The second-order valence-electron chi connectivity index (χ2n) is 7.43. The highest BCUT2D eigenvalue weighted by molar-refractivity contribution is 5.86. The third-order valence-corrected chi connectivity index (χ3v) is 5.47. The molecule has 0 bridgehead atoms. The number of hydrazone groups is 1. The second-order valence-corrected chi connectivity index (χ2v) is 7.43. The molecule has 2 aromatic carbocycles. The number of non-ortho nitro benzene ring substituents is 1. The quantitative estimate of drug-likeness (QED) is 0.348. The molecule has 28 heavy (non-hydrogen) atoms. The van der Waals surface area contributed by atoms with Gasteiger partial charge in [-0.2, -0.15) is 5.10 Å². The second kappa shape index (κ2) is 8.00. The van der Waals surface area contributed by atoms with Crippen molar-refractivity contribution in [1.29, 1.82) is 0 Å². The average Bonchev–Trinajstić information content (AvgIpc) is 3.15. The molecule has 146 valence electrons. The highest BCUT2D eigenvalue weighted by atomic mass is 16.6. The summed E-state index contributed by atoms with van der Waals surface area (Å²) >= 11 is 0. The SMILES string of the molecule is CCCCCCC1=NN2[C@@H](C1)c1ccccc1O[C@H]2c1ccc([N+](=O)[O-])cc1. The van der Waals surface area contributed by atoms with E-state index in [0.717, 1.165) is 36.1 Å². The summed E-state index contributed by atoms with van der Waals surface area (Å²) < 4.78 is 6.27. The van der Waals surface area contributed by atoms with E-state index in [1.807, 2.05) is 23.2 Å². The molecule has 0 N–H and O–H groups in total. The number of fused-ring (bicyclic) bond motifs is 3. The van der Waals surface area contributed by atoms with Crippen LogP contribution < -0.4 is 4.74 Å². The lowest BCUT2D eigenvalue weighted by Gasteiger charge is -2.38. The highest BCUT2D eigenvalue weighted by Crippen LogP contribution is 2.47. The summed E-state index contributed by atoms with van der Waals surface area (Å²) in [5.41, 5.74) is 3.33. The topological polar surface area (TPSA) is 68.0 Å². The summed E-state index contributed by atoms with van der Waals surface area (Å²) in [5.74, 6) is 0.870. The van der Waals surface area contributed by atoms with Crippen LogP contribution in [0.2, 0.25) is 0 Å². The molecule has 2 aliphatic rings. The van der Waals surface area contributed by atoms with Gasteiger partial charge >= 0.3 is 0 Å². The first-order valence-electron chi connectivity index (χ1n) is 10.0. The first-order chi connectivity index (χ1) is 13.7. The molecule has 6 heteroatoms. The predicted molar refractivity (Wildman–Crippen MR) is 108 cm³/mol. The normalized spacial score (nSPS) is 20.2. The number of benzene rings is 2. The van der Waals surface area contributed by atoms with Gasteiger partial charge in [0.1, 0.15) is 5.75 Å². The van der Waals surface area contributed by atoms with Crippen LogP contribution in [-0.2, 0) is 0 Å². The highest BCUT2D eigenvalue weighted by Gasteiger charge is 2.40. The zero-order valence-corrected chi connectivity index (χ0v) is 16.1. The van der Waals surface area contributed by atoms with Gasteiger partial charge in [0.15, 0.2) is 0 Å². The van der Waals surface area contributed by atoms with Crippen molar-refractivity contribution in [3.63, 3.8) is 0 Å². The van der Waals surface area contributed by atoms with E-state index in [4.69, 9.17) is 9.84 Å². The van der Waals surface area contributed by atoms with Crippen molar-refractivity contribution in [3.05, 3.63) is 69.8 Å². The van der Waals surface area contributed by atoms with E-state index in [0.29, 0.717) is 0 Å². The molecule has 0 aromatic heterocycles. The van der Waals surface area contributed by atoms with Crippen LogP contribution in [0.1, 0.15) is 68.8 Å². The van der Waals surface area contributed by atoms with E-state index in [2.05, 4.69) is 13.0 Å². The van der Waals surface area contributed by atoms with Gasteiger partial charge in [-0.3, -0.25) is 10.1 Å². The van der Waals surface area contributed by atoms with Crippen molar-refractivity contribution < 1.29 is 9.66 Å². The van der Waals surface area contributed by atoms with Gasteiger partial charge in [-0.25, -0.2) is 5.01 Å². The minimum Gasteiger partial charge on any atom is -0.464 e. The fourth-order valence-corrected chi connectivity index (χ4v) is 3.99. The molecule has 0 unspecified atom stereocenters. The van der Waals surface area contributed by atoms with Gasteiger partial charge < -0.3 is 4.74 Å². The Morgan fingerprint density at radius 3 is 2.68 bits per heavy atom. The number of hydrogen-bond acceptors (Lipinski definition) is 5. The Labute approximate surface area is 165 Å². The Hall–Kier alpha value is -2.89. The van der Waals surface area contributed by atoms with Gasteiger partial charge in [-0.05, 0) is 31.0 Å². The summed E-state index contributed by atoms with van der Waals surface area (Å²) in [7, 11) is 0. The van der Waals surface area contributed by atoms with Gasteiger partial charge in [-0.15, -0.1) is 0 Å². The van der Waals surface area contributed by atoms with Crippen LogP contribution in [0.15, 0.2) is 53.6 Å². The number of hydrogen-bond donors (Lipinski definition) is 0. The van der Waals surface area contributed by atoms with Crippen molar-refractivity contribution >= 4 is 11.4 Å². The smallest absolute Gasteiger partial charge is 0.269 e. The van der Waals surface area contributed by atoms with Crippen molar-refractivity contribution in [3.8, 4) is 5.75 Å². The van der Waals surface area contributed by atoms with Crippen molar-refractivity contribution in [2.45, 2.75) is 57.7 Å². The molecule has 2 aromatic rings. The molecule has 0 saturated heterocycles. The van der Waals surface area contributed by atoms with Gasteiger partial charge in [0.2, 0.25) is 6.23 Å². The maximum absolute atomic E-state index is 11.0. The fourth-order valence-electron chi connectivity index (χ4n) is 3.99. The average molecular weight is 379 g/mol. The maximum atomic E-state index is 11.0. The third-order valence-electron chi connectivity index (χ3n) is 5.47. The standard InChI is InChI=1S/C22H25N3O3/c1-2-3-4-5-8-17-15-20-19-9-6-7-10-21(19)28-22(24(20)23-17)16-11-13-18(14-12-16)25(26)27/h6-7,9-14,20,22H,2-5,8,15H2,1H3/t20-,22-/m0/s1. The summed E-state index contributed by atoms with van der Waals surface area (Å²) in [6, 6.07) is 14.9. The van der Waals surface area contributed by atoms with E-state index in [1.54, 1.807) is 12.1 Å². The molecule has 0 saturated carbocycles. The molecule has 6 nitrogen and oxygen atoms in total. The molecular formula is C22H25N3O3. The number of unbranched alkanes of at least 4 members (excludes halogenated alkanes) is 3. The molecule has 0 spiro atoms. The van der Waals surface area contributed by atoms with Crippen LogP contribution in [-0.4, -0.2) is 15.6 Å². The summed E-state index contributed by atoms with van der Waals surface area (Å²) in [6.45, 7) is 2.22. The monoisotopic (exact) mass is 379 g/mol. The number of nitro groups is 1. The molecule has 0 fully saturated rings. The lowest BCUT2D eigenvalue weighted by atomic mass is 9.96. The number of nitro benzene ring substituents is 1. The predicted octanol–water partition coefficient (Wildman–Crippen LogP) is 5.76. The van der Waals surface area contributed by atoms with E-state index in [9.17, 15) is 10.1 Å². The lowest BCUT2D eigenvalue weighted by molar-refractivity contribution is -0.384. The zero-order chi connectivity index (χ0) is 19.5. The Bertz CT molecular complexity index is 879. The van der Waals surface area contributed by atoms with E-state index < -0.39 is 0 Å². The molecular weight excluding hydrogens is 354 g/mol. The molecule has 0 aliphatic carbocycles. The Kier molecular flexibility index (Phi) is 5.28. The first-order valence-corrected chi connectivity index (χ1v) is 10.0. The van der Waals surface area contributed by atoms with Gasteiger partial charge in [0, 0.05) is 35.4 Å². The van der Waals surface area contributed by atoms with Gasteiger partial charge in [0.25, 0.3) is 5.69 Å². The Morgan fingerprint density at radius 1 is 1.14 bits per heavy atom. The molecule has 2 atom stereocenters. The molecule has 4 rings (SSSR count). The number of rotatable bonds is 7. The molecule has 0 amide bonds. The minimum atomic E-state index is -0.383. The first kappa shape index (κ1) is 18.5. The van der Waals surface area contributed by atoms with Crippen LogP contribution in [0.3, 0.4) is 0 Å². The van der Waals surface area contributed by atoms with Crippen molar-refractivity contribution in [2.24, 2.45) is 5.10 Å². The maximum Gasteiger partial charge on any atom is 0.269 e. The van der Waals surface area contributed by atoms with Crippen LogP contribution in [0.4, 0.5) is 5.69 Å². The summed E-state index contributed by atoms with van der Waals surface area (Å²) in [4.78, 5) is 10.6. The van der Waals surface area contributed by atoms with Gasteiger partial charge in [0.05, 0.1) is 11.0 Å². The van der Waals surface area contributed by atoms with Crippen LogP contribution >= 0.6 is 0 Å². The Morgan fingerprint density at radius 2 is 1.93 bits per heavy atom. The molecule has 2 heterocycles. The molecule has 2 aliphatic heterocycles. The van der Waals surface area contributed by atoms with Crippen LogP contribution in [0.5, 0.6) is 5.75 Å².